The highest BCUT2D eigenvalue weighted by Crippen LogP contribution is 2.27. The number of nitrogens with zero attached hydrogens (tertiary/aromatic N) is 1. The van der Waals surface area contributed by atoms with Gasteiger partial charge in [-0.2, -0.15) is 0 Å². The highest BCUT2D eigenvalue weighted by atomic mass is 16.5. The van der Waals surface area contributed by atoms with Crippen LogP contribution in [0.5, 0.6) is 5.75 Å². The lowest BCUT2D eigenvalue weighted by atomic mass is 10.0. The number of rotatable bonds is 7. The van der Waals surface area contributed by atoms with E-state index in [4.69, 9.17) is 4.74 Å². The van der Waals surface area contributed by atoms with E-state index in [2.05, 4.69) is 16.0 Å². The Morgan fingerprint density at radius 2 is 1.48 bits per heavy atom. The van der Waals surface area contributed by atoms with Crippen LogP contribution in [0.3, 0.4) is 0 Å². The second kappa shape index (κ2) is 14.7. The van der Waals surface area contributed by atoms with Crippen molar-refractivity contribution < 1.29 is 23.9 Å². The van der Waals surface area contributed by atoms with Gasteiger partial charge in [-0.15, -0.1) is 0 Å². The predicted octanol–water partition coefficient (Wildman–Crippen LogP) is 3.28. The molecule has 3 N–H and O–H groups in total. The van der Waals surface area contributed by atoms with E-state index in [1.807, 2.05) is 60.7 Å². The lowest BCUT2D eigenvalue weighted by Crippen LogP contribution is -2.53. The number of likely N-dealkylation sites (N-methyl/N-ethyl adjacent to an activating group) is 1. The van der Waals surface area contributed by atoms with Gasteiger partial charge in [0.15, 0.2) is 0 Å². The summed E-state index contributed by atoms with van der Waals surface area (Å²) in [6, 6.07) is 24.1. The van der Waals surface area contributed by atoms with E-state index >= 15 is 0 Å². The van der Waals surface area contributed by atoms with E-state index in [1.54, 1.807) is 36.2 Å². The summed E-state index contributed by atoms with van der Waals surface area (Å²) in [5, 5.41) is 8.69. The van der Waals surface area contributed by atoms with E-state index in [9.17, 15) is 19.2 Å². The summed E-state index contributed by atoms with van der Waals surface area (Å²) in [5.41, 5.74) is 2.21. The molecule has 1 aliphatic heterocycles. The van der Waals surface area contributed by atoms with Crippen molar-refractivity contribution in [2.45, 2.75) is 56.7 Å². The van der Waals surface area contributed by atoms with E-state index in [0.29, 0.717) is 31.1 Å². The molecule has 0 bridgehead atoms. The van der Waals surface area contributed by atoms with Crippen molar-refractivity contribution in [1.29, 1.82) is 0 Å². The maximum Gasteiger partial charge on any atom is 0.255 e. The molecule has 3 atom stereocenters. The number of carbonyl (C=O) groups is 4. The number of hydrogen-bond acceptors (Lipinski definition) is 5. The van der Waals surface area contributed by atoms with E-state index in [0.717, 1.165) is 24.0 Å². The molecule has 3 aromatic carbocycles. The van der Waals surface area contributed by atoms with Crippen molar-refractivity contribution in [3.8, 4) is 5.75 Å². The predicted molar refractivity (Wildman–Crippen MR) is 167 cm³/mol. The van der Waals surface area contributed by atoms with Gasteiger partial charge in [0.05, 0.1) is 11.6 Å². The van der Waals surface area contributed by atoms with Gasteiger partial charge >= 0.3 is 0 Å². The Hall–Kier alpha value is -4.66. The van der Waals surface area contributed by atoms with Crippen LogP contribution in [0.2, 0.25) is 0 Å². The molecular weight excluding hydrogens is 556 g/mol. The van der Waals surface area contributed by atoms with Crippen LogP contribution in [0.15, 0.2) is 84.9 Å². The van der Waals surface area contributed by atoms with Crippen molar-refractivity contribution in [3.05, 3.63) is 102 Å². The largest absolute Gasteiger partial charge is 0.491 e. The number of benzene rings is 3. The molecule has 44 heavy (non-hydrogen) atoms. The fraction of sp³-hybridized carbons (Fsp3) is 0.371. The van der Waals surface area contributed by atoms with Crippen molar-refractivity contribution in [1.82, 2.24) is 20.9 Å². The highest BCUT2D eigenvalue weighted by Gasteiger charge is 2.32. The SMILES string of the molecule is CN1C(=O)[C@H](Cc2ccccc2)NC(=O)CC[C@@H](C(=O)NCC2CC2)NC(=O)c2ccccc2OC[C@H]1Cc1ccccc1. The van der Waals surface area contributed by atoms with Crippen molar-refractivity contribution in [2.24, 2.45) is 5.92 Å². The summed E-state index contributed by atoms with van der Waals surface area (Å²) in [6.07, 6.45) is 2.99. The molecule has 3 aromatic rings. The fourth-order valence-corrected chi connectivity index (χ4v) is 5.37. The molecule has 5 rings (SSSR count). The number of carbonyl (C=O) groups excluding carboxylic acids is 4. The van der Waals surface area contributed by atoms with Crippen molar-refractivity contribution >= 4 is 23.6 Å². The molecule has 4 amide bonds. The Bertz CT molecular complexity index is 1440. The van der Waals surface area contributed by atoms with Gasteiger partial charge in [-0.05, 0) is 54.9 Å². The number of fused-ring (bicyclic) bond motifs is 1. The smallest absolute Gasteiger partial charge is 0.255 e. The Kier molecular flexibility index (Phi) is 10.3. The first-order valence-corrected chi connectivity index (χ1v) is 15.3. The van der Waals surface area contributed by atoms with Gasteiger partial charge < -0.3 is 25.6 Å². The topological polar surface area (TPSA) is 117 Å². The highest BCUT2D eigenvalue weighted by molar-refractivity contribution is 5.99. The summed E-state index contributed by atoms with van der Waals surface area (Å²) in [7, 11) is 1.72. The summed E-state index contributed by atoms with van der Waals surface area (Å²) in [4.78, 5) is 55.7. The van der Waals surface area contributed by atoms with Crippen LogP contribution < -0.4 is 20.7 Å². The molecule has 9 nitrogen and oxygen atoms in total. The average molecular weight is 597 g/mol. The van der Waals surface area contributed by atoms with E-state index < -0.39 is 24.0 Å². The minimum absolute atomic E-state index is 0.0460. The quantitative estimate of drug-likeness (QED) is 0.387. The lowest BCUT2D eigenvalue weighted by Gasteiger charge is -2.32. The zero-order chi connectivity index (χ0) is 30.9. The molecule has 1 heterocycles. The number of ether oxygens (including phenoxy) is 1. The summed E-state index contributed by atoms with van der Waals surface area (Å²) >= 11 is 0. The van der Waals surface area contributed by atoms with Crippen LogP contribution in [0, 0.1) is 5.92 Å². The molecule has 0 radical (unpaired) electrons. The number of nitrogens with one attached hydrogen (secondary N) is 3. The Balaban J connectivity index is 1.46. The van der Waals surface area contributed by atoms with Crippen LogP contribution in [0.4, 0.5) is 0 Å². The van der Waals surface area contributed by atoms with Crippen LogP contribution in [0.25, 0.3) is 0 Å². The number of amides is 4. The van der Waals surface area contributed by atoms with Crippen molar-refractivity contribution in [3.63, 3.8) is 0 Å². The maximum atomic E-state index is 14.1. The van der Waals surface area contributed by atoms with E-state index in [-0.39, 0.29) is 42.7 Å². The van der Waals surface area contributed by atoms with Gasteiger partial charge in [-0.3, -0.25) is 19.2 Å². The third kappa shape index (κ3) is 8.46. The molecule has 0 aromatic heterocycles. The van der Waals surface area contributed by atoms with Gasteiger partial charge in [0.1, 0.15) is 24.4 Å². The number of hydrogen-bond donors (Lipinski definition) is 3. The van der Waals surface area contributed by atoms with Gasteiger partial charge in [-0.1, -0.05) is 72.8 Å². The minimum atomic E-state index is -0.929. The van der Waals surface area contributed by atoms with Gasteiger partial charge in [0, 0.05) is 26.4 Å². The normalized spacial score (nSPS) is 21.5. The first-order valence-electron chi connectivity index (χ1n) is 15.3. The van der Waals surface area contributed by atoms with Gasteiger partial charge in [0.2, 0.25) is 17.7 Å². The minimum Gasteiger partial charge on any atom is -0.491 e. The maximum absolute atomic E-state index is 14.1. The van der Waals surface area contributed by atoms with E-state index in [1.165, 1.54) is 0 Å². The second-order valence-corrected chi connectivity index (χ2v) is 11.7. The first kappa shape index (κ1) is 30.8. The monoisotopic (exact) mass is 596 g/mol. The Morgan fingerprint density at radius 3 is 2.16 bits per heavy atom. The molecular formula is C35H40N4O5. The first-order chi connectivity index (χ1) is 21.4. The molecule has 0 unspecified atom stereocenters. The standard InChI is InChI=1S/C35H40N4O5/c1-39-27(20-24-10-4-2-5-11-24)23-44-31-15-9-8-14-28(31)33(41)38-29(34(42)36-22-26-16-17-26)18-19-32(40)37-30(35(39)43)21-25-12-6-3-7-13-25/h2-15,26-27,29-30H,16-23H2,1H3,(H,36,42)(H,37,40)(H,38,41)/t27-,29+,30+/m1/s1. The Morgan fingerprint density at radius 1 is 0.841 bits per heavy atom. The van der Waals surface area contributed by atoms with Gasteiger partial charge in [-0.25, -0.2) is 0 Å². The second-order valence-electron chi connectivity index (χ2n) is 11.7. The van der Waals surface area contributed by atoms with Crippen LogP contribution in [0.1, 0.15) is 47.2 Å². The van der Waals surface area contributed by atoms with Crippen LogP contribution in [-0.4, -0.2) is 66.9 Å². The fourth-order valence-electron chi connectivity index (χ4n) is 5.37. The number of para-hydroxylation sites is 1. The molecule has 230 valence electrons. The molecule has 1 aliphatic carbocycles. The van der Waals surface area contributed by atoms with Crippen molar-refractivity contribution in [2.75, 3.05) is 20.2 Å². The summed E-state index contributed by atoms with van der Waals surface area (Å²) in [6.45, 7) is 0.651. The Labute approximate surface area is 258 Å². The zero-order valence-electron chi connectivity index (χ0n) is 25.0. The molecule has 0 spiro atoms. The molecule has 1 fully saturated rings. The summed E-state index contributed by atoms with van der Waals surface area (Å²) in [5.74, 6) is -0.601. The average Bonchev–Trinajstić information content (AvgIpc) is 3.88. The molecule has 1 saturated carbocycles. The third-order valence-corrected chi connectivity index (χ3v) is 8.23. The lowest BCUT2D eigenvalue weighted by molar-refractivity contribution is -0.137. The van der Waals surface area contributed by atoms with Crippen LogP contribution >= 0.6 is 0 Å². The van der Waals surface area contributed by atoms with Crippen LogP contribution in [-0.2, 0) is 27.2 Å². The zero-order valence-corrected chi connectivity index (χ0v) is 25.0. The van der Waals surface area contributed by atoms with Gasteiger partial charge in [0.25, 0.3) is 5.91 Å². The molecule has 9 heteroatoms. The summed E-state index contributed by atoms with van der Waals surface area (Å²) < 4.78 is 6.25. The molecule has 2 aliphatic rings. The molecule has 0 saturated heterocycles. The third-order valence-electron chi connectivity index (χ3n) is 8.23.